The topological polar surface area (TPSA) is 46.0 Å². The van der Waals surface area contributed by atoms with E-state index in [1.165, 1.54) is 25.9 Å². The van der Waals surface area contributed by atoms with Crippen molar-refractivity contribution in [2.45, 2.75) is 25.8 Å². The number of anilines is 1. The van der Waals surface area contributed by atoms with Gasteiger partial charge in [-0.2, -0.15) is 5.10 Å². The average Bonchev–Trinajstić information content (AvgIpc) is 3.03. The van der Waals surface area contributed by atoms with Crippen molar-refractivity contribution in [2.24, 2.45) is 0 Å². The fourth-order valence-corrected chi connectivity index (χ4v) is 2.70. The second-order valence-electron chi connectivity index (χ2n) is 5.18. The molecule has 5 nitrogen and oxygen atoms in total. The summed E-state index contributed by atoms with van der Waals surface area (Å²) in [5.74, 6) is 0.871. The Balaban J connectivity index is 1.72. The molecule has 1 fully saturated rings. The van der Waals surface area contributed by atoms with Crippen molar-refractivity contribution in [1.29, 1.82) is 0 Å². The van der Waals surface area contributed by atoms with E-state index >= 15 is 0 Å². The number of nitrogens with zero attached hydrogens (tertiary/aromatic N) is 4. The third kappa shape index (κ3) is 2.82. The van der Waals surface area contributed by atoms with Gasteiger partial charge in [0.25, 0.3) is 0 Å². The SMILES string of the molecule is CCN1CCC(Nc2cccnc2-n2cccn2)CC1. The van der Waals surface area contributed by atoms with E-state index < -0.39 is 0 Å². The van der Waals surface area contributed by atoms with E-state index in [-0.39, 0.29) is 0 Å². The Morgan fingerprint density at radius 3 is 2.80 bits per heavy atom. The van der Waals surface area contributed by atoms with Gasteiger partial charge < -0.3 is 10.2 Å². The van der Waals surface area contributed by atoms with Gasteiger partial charge in [-0.3, -0.25) is 0 Å². The van der Waals surface area contributed by atoms with E-state index in [9.17, 15) is 0 Å². The fourth-order valence-electron chi connectivity index (χ4n) is 2.70. The minimum absolute atomic E-state index is 0.524. The fraction of sp³-hybridized carbons (Fsp3) is 0.467. The zero-order valence-electron chi connectivity index (χ0n) is 11.9. The van der Waals surface area contributed by atoms with E-state index in [1.807, 2.05) is 29.2 Å². The van der Waals surface area contributed by atoms with Gasteiger partial charge in [-0.05, 0) is 37.6 Å². The van der Waals surface area contributed by atoms with Gasteiger partial charge in [0.15, 0.2) is 5.82 Å². The zero-order chi connectivity index (χ0) is 13.8. The lowest BCUT2D eigenvalue weighted by atomic mass is 10.0. The lowest BCUT2D eigenvalue weighted by Crippen LogP contribution is -2.39. The molecule has 3 rings (SSSR count). The first-order valence-electron chi connectivity index (χ1n) is 7.30. The highest BCUT2D eigenvalue weighted by Crippen LogP contribution is 2.21. The van der Waals surface area contributed by atoms with Gasteiger partial charge in [-0.25, -0.2) is 9.67 Å². The number of hydrogen-bond donors (Lipinski definition) is 1. The van der Waals surface area contributed by atoms with Gasteiger partial charge in [-0.1, -0.05) is 6.92 Å². The number of aromatic nitrogens is 3. The molecule has 0 atom stereocenters. The lowest BCUT2D eigenvalue weighted by molar-refractivity contribution is 0.229. The Hall–Kier alpha value is -1.88. The van der Waals surface area contributed by atoms with Crippen LogP contribution in [0, 0.1) is 0 Å². The maximum absolute atomic E-state index is 4.45. The molecule has 1 N–H and O–H groups in total. The van der Waals surface area contributed by atoms with Crippen molar-refractivity contribution in [3.8, 4) is 5.82 Å². The molecule has 20 heavy (non-hydrogen) atoms. The summed E-state index contributed by atoms with van der Waals surface area (Å²) in [5, 5.41) is 7.90. The van der Waals surface area contributed by atoms with Crippen molar-refractivity contribution < 1.29 is 0 Å². The quantitative estimate of drug-likeness (QED) is 0.925. The highest BCUT2D eigenvalue weighted by atomic mass is 15.3. The number of pyridine rings is 1. The summed E-state index contributed by atoms with van der Waals surface area (Å²) in [7, 11) is 0. The largest absolute Gasteiger partial charge is 0.379 e. The standard InChI is InChI=1S/C15H21N5/c1-2-19-11-6-13(7-12-19)18-14-5-3-8-16-15(14)20-10-4-9-17-20/h3-5,8-10,13,18H,2,6-7,11-12H2,1H3. The number of rotatable bonds is 4. The maximum atomic E-state index is 4.45. The second-order valence-corrected chi connectivity index (χ2v) is 5.18. The Bertz CT molecular complexity index is 529. The van der Waals surface area contributed by atoms with Crippen LogP contribution in [0.5, 0.6) is 0 Å². The van der Waals surface area contributed by atoms with Crippen LogP contribution in [0.3, 0.4) is 0 Å². The molecule has 0 spiro atoms. The van der Waals surface area contributed by atoms with Crippen LogP contribution in [-0.4, -0.2) is 45.3 Å². The first kappa shape index (κ1) is 13.1. The molecule has 0 amide bonds. The van der Waals surface area contributed by atoms with Crippen molar-refractivity contribution in [3.05, 3.63) is 36.8 Å². The van der Waals surface area contributed by atoms with E-state index in [0.29, 0.717) is 6.04 Å². The Morgan fingerprint density at radius 1 is 1.25 bits per heavy atom. The molecule has 1 aliphatic heterocycles. The van der Waals surface area contributed by atoms with E-state index in [1.54, 1.807) is 6.20 Å². The molecule has 0 saturated carbocycles. The van der Waals surface area contributed by atoms with Crippen LogP contribution < -0.4 is 5.32 Å². The summed E-state index contributed by atoms with van der Waals surface area (Å²) in [6.45, 7) is 5.72. The second kappa shape index (κ2) is 6.05. The maximum Gasteiger partial charge on any atom is 0.176 e. The predicted molar refractivity (Wildman–Crippen MR) is 80.1 cm³/mol. The van der Waals surface area contributed by atoms with Crippen LogP contribution in [0.2, 0.25) is 0 Å². The van der Waals surface area contributed by atoms with Crippen LogP contribution in [0.25, 0.3) is 5.82 Å². The molecule has 1 aliphatic rings. The normalized spacial score (nSPS) is 17.2. The molecule has 2 aromatic heterocycles. The number of hydrogen-bond acceptors (Lipinski definition) is 4. The van der Waals surface area contributed by atoms with Crippen LogP contribution in [-0.2, 0) is 0 Å². The first-order chi connectivity index (χ1) is 9.86. The Morgan fingerprint density at radius 2 is 2.10 bits per heavy atom. The first-order valence-corrected chi connectivity index (χ1v) is 7.30. The predicted octanol–water partition coefficient (Wildman–Crippen LogP) is 2.16. The van der Waals surface area contributed by atoms with Crippen molar-refractivity contribution in [2.75, 3.05) is 25.0 Å². The molecule has 106 valence electrons. The monoisotopic (exact) mass is 271 g/mol. The number of likely N-dealkylation sites (tertiary alicyclic amines) is 1. The van der Waals surface area contributed by atoms with Gasteiger partial charge in [0, 0.05) is 37.7 Å². The summed E-state index contributed by atoms with van der Waals surface area (Å²) in [6, 6.07) is 6.49. The van der Waals surface area contributed by atoms with E-state index in [2.05, 4.69) is 33.3 Å². The van der Waals surface area contributed by atoms with Gasteiger partial charge in [-0.15, -0.1) is 0 Å². The lowest BCUT2D eigenvalue weighted by Gasteiger charge is -2.32. The minimum atomic E-state index is 0.524. The van der Waals surface area contributed by atoms with Crippen LogP contribution in [0.15, 0.2) is 36.8 Å². The molecule has 2 aromatic rings. The van der Waals surface area contributed by atoms with Gasteiger partial charge in [0.05, 0.1) is 5.69 Å². The summed E-state index contributed by atoms with van der Waals surface area (Å²) in [5.41, 5.74) is 1.06. The molecule has 0 radical (unpaired) electrons. The van der Waals surface area contributed by atoms with Gasteiger partial charge in [0.1, 0.15) is 0 Å². The number of piperidine rings is 1. The van der Waals surface area contributed by atoms with Crippen LogP contribution in [0.1, 0.15) is 19.8 Å². The summed E-state index contributed by atoms with van der Waals surface area (Å²) < 4.78 is 1.81. The van der Waals surface area contributed by atoms with Gasteiger partial charge >= 0.3 is 0 Å². The van der Waals surface area contributed by atoms with Crippen LogP contribution >= 0.6 is 0 Å². The van der Waals surface area contributed by atoms with Crippen molar-refractivity contribution in [1.82, 2.24) is 19.7 Å². The molecule has 0 aromatic carbocycles. The van der Waals surface area contributed by atoms with E-state index in [4.69, 9.17) is 0 Å². The van der Waals surface area contributed by atoms with E-state index in [0.717, 1.165) is 18.1 Å². The third-order valence-electron chi connectivity index (χ3n) is 3.90. The molecule has 1 saturated heterocycles. The molecule has 5 heteroatoms. The molecule has 0 unspecified atom stereocenters. The number of nitrogens with one attached hydrogen (secondary N) is 1. The Kier molecular flexibility index (Phi) is 3.97. The molecular formula is C15H21N5. The highest BCUT2D eigenvalue weighted by Gasteiger charge is 2.19. The van der Waals surface area contributed by atoms with Gasteiger partial charge in [0.2, 0.25) is 0 Å². The van der Waals surface area contributed by atoms with Crippen molar-refractivity contribution in [3.63, 3.8) is 0 Å². The van der Waals surface area contributed by atoms with Crippen molar-refractivity contribution >= 4 is 5.69 Å². The van der Waals surface area contributed by atoms with Crippen LogP contribution in [0.4, 0.5) is 5.69 Å². The average molecular weight is 271 g/mol. The smallest absolute Gasteiger partial charge is 0.176 e. The third-order valence-corrected chi connectivity index (χ3v) is 3.90. The minimum Gasteiger partial charge on any atom is -0.379 e. The summed E-state index contributed by atoms with van der Waals surface area (Å²) in [4.78, 5) is 6.94. The zero-order valence-corrected chi connectivity index (χ0v) is 11.9. The Labute approximate surface area is 119 Å². The summed E-state index contributed by atoms with van der Waals surface area (Å²) in [6.07, 6.45) is 7.87. The molecule has 0 bridgehead atoms. The highest BCUT2D eigenvalue weighted by molar-refractivity contribution is 5.56. The molecule has 3 heterocycles. The molecular weight excluding hydrogens is 250 g/mol. The summed E-state index contributed by atoms with van der Waals surface area (Å²) >= 11 is 0. The molecule has 0 aliphatic carbocycles.